The van der Waals surface area contributed by atoms with Gasteiger partial charge in [0.05, 0.1) is 11.4 Å². The Morgan fingerprint density at radius 3 is 3.00 bits per heavy atom. The van der Waals surface area contributed by atoms with Gasteiger partial charge in [-0.05, 0) is 31.2 Å². The highest BCUT2D eigenvalue weighted by Gasteiger charge is 2.09. The second-order valence-electron chi connectivity index (χ2n) is 4.50. The Morgan fingerprint density at radius 2 is 2.25 bits per heavy atom. The molecule has 0 aliphatic heterocycles. The van der Waals surface area contributed by atoms with Crippen LogP contribution in [0.2, 0.25) is 0 Å². The van der Waals surface area contributed by atoms with Crippen LogP contribution in [0.3, 0.4) is 0 Å². The average Bonchev–Trinajstić information content (AvgIpc) is 3.08. The Balaban J connectivity index is 1.94. The molecule has 102 valence electrons. The first-order valence-corrected chi connectivity index (χ1v) is 7.43. The summed E-state index contributed by atoms with van der Waals surface area (Å²) in [5.41, 5.74) is 3.24. The Bertz CT molecular complexity index is 714. The molecule has 4 nitrogen and oxygen atoms in total. The van der Waals surface area contributed by atoms with Crippen molar-refractivity contribution in [1.82, 2.24) is 14.5 Å². The summed E-state index contributed by atoms with van der Waals surface area (Å²) in [4.78, 5) is 9.01. The summed E-state index contributed by atoms with van der Waals surface area (Å²) in [6.07, 6.45) is 3.85. The molecule has 1 N–H and O–H groups in total. The molecular formula is C15H16N4S. The molecule has 0 saturated carbocycles. The van der Waals surface area contributed by atoms with Crippen LogP contribution in [-0.2, 0) is 7.05 Å². The van der Waals surface area contributed by atoms with Crippen LogP contribution in [0, 0.1) is 0 Å². The molecule has 0 aliphatic carbocycles. The molecule has 3 aromatic heterocycles. The predicted octanol–water partition coefficient (Wildman–Crippen LogP) is 3.64. The third-order valence-electron chi connectivity index (χ3n) is 3.08. The lowest BCUT2D eigenvalue weighted by Gasteiger charge is -2.03. The lowest BCUT2D eigenvalue weighted by atomic mass is 10.2. The molecule has 0 aliphatic rings. The zero-order valence-corrected chi connectivity index (χ0v) is 12.3. The summed E-state index contributed by atoms with van der Waals surface area (Å²) in [5.74, 6) is 0.889. The van der Waals surface area contributed by atoms with Gasteiger partial charge in [0.15, 0.2) is 0 Å². The second-order valence-corrected chi connectivity index (χ2v) is 5.36. The van der Waals surface area contributed by atoms with Crippen molar-refractivity contribution in [1.29, 1.82) is 0 Å². The largest absolute Gasteiger partial charge is 0.370 e. The van der Waals surface area contributed by atoms with Gasteiger partial charge in [0, 0.05) is 36.9 Å². The van der Waals surface area contributed by atoms with E-state index in [1.165, 1.54) is 0 Å². The van der Waals surface area contributed by atoms with Crippen LogP contribution in [0.4, 0.5) is 5.82 Å². The van der Waals surface area contributed by atoms with E-state index in [1.807, 2.05) is 37.6 Å². The van der Waals surface area contributed by atoms with Crippen molar-refractivity contribution in [3.05, 3.63) is 42.0 Å². The Morgan fingerprint density at radius 1 is 1.35 bits per heavy atom. The van der Waals surface area contributed by atoms with Gasteiger partial charge in [0.25, 0.3) is 0 Å². The van der Waals surface area contributed by atoms with Crippen LogP contribution in [0.25, 0.3) is 22.0 Å². The lowest BCUT2D eigenvalue weighted by Crippen LogP contribution is -1.98. The van der Waals surface area contributed by atoms with Crippen LogP contribution in [-0.4, -0.2) is 21.1 Å². The normalized spacial score (nSPS) is 10.7. The standard InChI is InChI=1S/C15H16N4S/c1-3-16-14-9-11(6-7-17-14)15-18-12(10-20-15)13-5-4-8-19(13)2/h4-10H,3H2,1-2H3,(H,16,17). The molecule has 0 radical (unpaired) electrons. The minimum atomic E-state index is 0.864. The molecule has 0 amide bonds. The van der Waals surface area contributed by atoms with Gasteiger partial charge in [0.2, 0.25) is 0 Å². The number of anilines is 1. The topological polar surface area (TPSA) is 42.7 Å². The maximum absolute atomic E-state index is 4.73. The highest BCUT2D eigenvalue weighted by molar-refractivity contribution is 7.13. The molecule has 0 bridgehead atoms. The number of thiazole rings is 1. The molecule has 0 aromatic carbocycles. The number of rotatable bonds is 4. The molecule has 3 heterocycles. The maximum Gasteiger partial charge on any atom is 0.126 e. The zero-order valence-electron chi connectivity index (χ0n) is 11.5. The second kappa shape index (κ2) is 5.46. The van der Waals surface area contributed by atoms with Crippen LogP contribution >= 0.6 is 11.3 Å². The number of nitrogens with one attached hydrogen (secondary N) is 1. The van der Waals surface area contributed by atoms with Gasteiger partial charge in [-0.2, -0.15) is 0 Å². The molecule has 0 spiro atoms. The van der Waals surface area contributed by atoms with Crippen LogP contribution in [0.1, 0.15) is 6.92 Å². The van der Waals surface area contributed by atoms with Crippen molar-refractivity contribution in [2.45, 2.75) is 6.92 Å². The molecular weight excluding hydrogens is 268 g/mol. The van der Waals surface area contributed by atoms with E-state index in [4.69, 9.17) is 4.98 Å². The number of nitrogens with zero attached hydrogens (tertiary/aromatic N) is 3. The molecule has 3 aromatic rings. The van der Waals surface area contributed by atoms with E-state index in [2.05, 4.69) is 33.2 Å². The first-order chi connectivity index (χ1) is 9.78. The third-order valence-corrected chi connectivity index (χ3v) is 3.97. The lowest BCUT2D eigenvalue weighted by molar-refractivity contribution is 0.933. The summed E-state index contributed by atoms with van der Waals surface area (Å²) in [7, 11) is 2.03. The van der Waals surface area contributed by atoms with E-state index in [0.29, 0.717) is 0 Å². The van der Waals surface area contributed by atoms with Crippen molar-refractivity contribution >= 4 is 17.2 Å². The highest BCUT2D eigenvalue weighted by Crippen LogP contribution is 2.29. The number of hydrogen-bond acceptors (Lipinski definition) is 4. The van der Waals surface area contributed by atoms with Gasteiger partial charge in [-0.3, -0.25) is 0 Å². The fourth-order valence-electron chi connectivity index (χ4n) is 2.09. The predicted molar refractivity (Wildman–Crippen MR) is 83.9 cm³/mol. The smallest absolute Gasteiger partial charge is 0.126 e. The van der Waals surface area contributed by atoms with E-state index in [1.54, 1.807) is 11.3 Å². The van der Waals surface area contributed by atoms with E-state index in [0.717, 1.165) is 34.3 Å². The minimum absolute atomic E-state index is 0.864. The molecule has 0 fully saturated rings. The van der Waals surface area contributed by atoms with Gasteiger partial charge in [-0.25, -0.2) is 9.97 Å². The quantitative estimate of drug-likeness (QED) is 0.795. The maximum atomic E-state index is 4.73. The summed E-state index contributed by atoms with van der Waals surface area (Å²) >= 11 is 1.66. The molecule has 3 rings (SSSR count). The number of hydrogen-bond donors (Lipinski definition) is 1. The summed E-state index contributed by atoms with van der Waals surface area (Å²) in [5, 5.41) is 6.33. The SMILES string of the molecule is CCNc1cc(-c2nc(-c3cccn3C)cs2)ccn1. The Kier molecular flexibility index (Phi) is 3.52. The first kappa shape index (κ1) is 12.9. The Hall–Kier alpha value is -2.14. The molecule has 0 saturated heterocycles. The van der Waals surface area contributed by atoms with Crippen LogP contribution in [0.15, 0.2) is 42.0 Å². The van der Waals surface area contributed by atoms with E-state index in [-0.39, 0.29) is 0 Å². The van der Waals surface area contributed by atoms with Gasteiger partial charge < -0.3 is 9.88 Å². The molecule has 5 heteroatoms. The van der Waals surface area contributed by atoms with Crippen molar-refractivity contribution in [3.8, 4) is 22.0 Å². The first-order valence-electron chi connectivity index (χ1n) is 6.55. The van der Waals surface area contributed by atoms with Gasteiger partial charge in [0.1, 0.15) is 10.8 Å². The van der Waals surface area contributed by atoms with Crippen molar-refractivity contribution in [2.75, 3.05) is 11.9 Å². The summed E-state index contributed by atoms with van der Waals surface area (Å²) in [6.45, 7) is 2.92. The van der Waals surface area contributed by atoms with Crippen molar-refractivity contribution in [2.24, 2.45) is 7.05 Å². The van der Waals surface area contributed by atoms with E-state index in [9.17, 15) is 0 Å². The van der Waals surface area contributed by atoms with Crippen molar-refractivity contribution in [3.63, 3.8) is 0 Å². The fraction of sp³-hybridized carbons (Fsp3) is 0.200. The average molecular weight is 284 g/mol. The summed E-state index contributed by atoms with van der Waals surface area (Å²) in [6, 6.07) is 8.14. The zero-order chi connectivity index (χ0) is 13.9. The minimum Gasteiger partial charge on any atom is -0.370 e. The van der Waals surface area contributed by atoms with Gasteiger partial charge >= 0.3 is 0 Å². The fourth-order valence-corrected chi connectivity index (χ4v) is 2.90. The third kappa shape index (κ3) is 2.44. The van der Waals surface area contributed by atoms with Gasteiger partial charge in [-0.1, -0.05) is 0 Å². The number of pyridine rings is 1. The van der Waals surface area contributed by atoms with E-state index < -0.39 is 0 Å². The summed E-state index contributed by atoms with van der Waals surface area (Å²) < 4.78 is 2.08. The highest BCUT2D eigenvalue weighted by atomic mass is 32.1. The molecule has 20 heavy (non-hydrogen) atoms. The van der Waals surface area contributed by atoms with Crippen LogP contribution in [0.5, 0.6) is 0 Å². The monoisotopic (exact) mass is 284 g/mol. The van der Waals surface area contributed by atoms with Gasteiger partial charge in [-0.15, -0.1) is 11.3 Å². The van der Waals surface area contributed by atoms with E-state index >= 15 is 0 Å². The van der Waals surface area contributed by atoms with Crippen LogP contribution < -0.4 is 5.32 Å². The van der Waals surface area contributed by atoms with Crippen molar-refractivity contribution < 1.29 is 0 Å². The number of aryl methyl sites for hydroxylation is 1. The molecule has 0 atom stereocenters. The molecule has 0 unspecified atom stereocenters. The number of aromatic nitrogens is 3. The Labute approximate surface area is 122 Å².